The predicted octanol–water partition coefficient (Wildman–Crippen LogP) is 2.86. The second-order valence-electron chi connectivity index (χ2n) is 3.68. The highest BCUT2D eigenvalue weighted by atomic mass is 35.5. The zero-order valence-corrected chi connectivity index (χ0v) is 11.1. The van der Waals surface area contributed by atoms with Crippen LogP contribution in [0.1, 0.15) is 10.4 Å². The number of rotatable bonds is 3. The molecule has 1 amide bonds. The van der Waals surface area contributed by atoms with Crippen molar-refractivity contribution in [2.75, 3.05) is 5.73 Å². The lowest BCUT2D eigenvalue weighted by atomic mass is 10.2. The molecule has 0 fully saturated rings. The van der Waals surface area contributed by atoms with Crippen molar-refractivity contribution in [1.82, 2.24) is 4.98 Å². The number of carbonyl (C=O) groups excluding carboxylic acids is 1. The number of benzene rings is 1. The van der Waals surface area contributed by atoms with Gasteiger partial charge in [0.15, 0.2) is 0 Å². The van der Waals surface area contributed by atoms with Gasteiger partial charge in [-0.1, -0.05) is 23.2 Å². The van der Waals surface area contributed by atoms with Gasteiger partial charge < -0.3 is 16.2 Å². The molecule has 0 aliphatic heterocycles. The third-order valence-corrected chi connectivity index (χ3v) is 2.67. The summed E-state index contributed by atoms with van der Waals surface area (Å²) < 4.78 is 5.44. The lowest BCUT2D eigenvalue weighted by molar-refractivity contribution is 0.100. The second-order valence-corrected chi connectivity index (χ2v) is 4.55. The Hall–Kier alpha value is -1.98. The minimum absolute atomic E-state index is 0.137. The molecule has 0 aliphatic carbocycles. The van der Waals surface area contributed by atoms with Crippen molar-refractivity contribution in [2.24, 2.45) is 5.73 Å². The summed E-state index contributed by atoms with van der Waals surface area (Å²) in [7, 11) is 0. The number of nitrogen functional groups attached to an aromatic ring is 1. The largest absolute Gasteiger partial charge is 0.439 e. The highest BCUT2D eigenvalue weighted by Gasteiger charge is 2.09. The highest BCUT2D eigenvalue weighted by molar-refractivity contribution is 6.34. The van der Waals surface area contributed by atoms with Crippen LogP contribution in [0.5, 0.6) is 11.6 Å². The monoisotopic (exact) mass is 297 g/mol. The van der Waals surface area contributed by atoms with Gasteiger partial charge in [-0.3, -0.25) is 4.79 Å². The van der Waals surface area contributed by atoms with Crippen LogP contribution in [-0.2, 0) is 0 Å². The van der Waals surface area contributed by atoms with Gasteiger partial charge in [0.05, 0.1) is 17.4 Å². The van der Waals surface area contributed by atoms with Crippen LogP contribution in [-0.4, -0.2) is 10.9 Å². The number of anilines is 1. The van der Waals surface area contributed by atoms with E-state index in [4.69, 9.17) is 39.4 Å². The number of carbonyl (C=O) groups is 1. The number of amides is 1. The van der Waals surface area contributed by atoms with E-state index in [-0.39, 0.29) is 17.1 Å². The number of primary amides is 1. The van der Waals surface area contributed by atoms with E-state index in [1.165, 1.54) is 12.3 Å². The van der Waals surface area contributed by atoms with Crippen LogP contribution < -0.4 is 16.2 Å². The first-order valence-electron chi connectivity index (χ1n) is 5.15. The lowest BCUT2D eigenvalue weighted by Crippen LogP contribution is -2.13. The van der Waals surface area contributed by atoms with Gasteiger partial charge in [-0.05, 0) is 18.2 Å². The Kier molecular flexibility index (Phi) is 3.78. The van der Waals surface area contributed by atoms with Crippen molar-refractivity contribution in [2.45, 2.75) is 0 Å². The van der Waals surface area contributed by atoms with Gasteiger partial charge in [0.2, 0.25) is 5.88 Å². The molecule has 98 valence electrons. The van der Waals surface area contributed by atoms with Crippen molar-refractivity contribution in [3.8, 4) is 11.6 Å². The normalized spacial score (nSPS) is 10.2. The van der Waals surface area contributed by atoms with E-state index in [1.54, 1.807) is 18.2 Å². The van der Waals surface area contributed by atoms with E-state index in [0.717, 1.165) is 0 Å². The van der Waals surface area contributed by atoms with Gasteiger partial charge in [-0.2, -0.15) is 0 Å². The maximum atomic E-state index is 11.2. The van der Waals surface area contributed by atoms with Gasteiger partial charge in [0.1, 0.15) is 5.75 Å². The fraction of sp³-hybridized carbons (Fsp3) is 0. The Morgan fingerprint density at radius 1 is 1.16 bits per heavy atom. The predicted molar refractivity (Wildman–Crippen MR) is 73.7 cm³/mol. The molecule has 2 aromatic rings. The van der Waals surface area contributed by atoms with Crippen molar-refractivity contribution < 1.29 is 9.53 Å². The molecule has 1 heterocycles. The first kappa shape index (κ1) is 13.5. The third-order valence-electron chi connectivity index (χ3n) is 2.23. The van der Waals surface area contributed by atoms with E-state index in [0.29, 0.717) is 15.8 Å². The van der Waals surface area contributed by atoms with Crippen molar-refractivity contribution in [3.05, 3.63) is 46.1 Å². The number of aromatic nitrogens is 1. The molecule has 0 aliphatic rings. The topological polar surface area (TPSA) is 91.2 Å². The SMILES string of the molecule is NC(=O)c1cc(Oc2cc(Cl)cc(Cl)c2)ncc1N. The summed E-state index contributed by atoms with van der Waals surface area (Å²) in [5, 5.41) is 0.848. The van der Waals surface area contributed by atoms with E-state index < -0.39 is 5.91 Å². The molecule has 0 saturated heterocycles. The van der Waals surface area contributed by atoms with Crippen LogP contribution in [0.15, 0.2) is 30.5 Å². The summed E-state index contributed by atoms with van der Waals surface area (Å²) in [5.74, 6) is -0.0969. The van der Waals surface area contributed by atoms with Gasteiger partial charge in [0, 0.05) is 16.1 Å². The molecule has 1 aromatic heterocycles. The molecule has 2 rings (SSSR count). The molecule has 0 saturated carbocycles. The Morgan fingerprint density at radius 3 is 2.37 bits per heavy atom. The Morgan fingerprint density at radius 2 is 1.79 bits per heavy atom. The van der Waals surface area contributed by atoms with Crippen LogP contribution in [0, 0.1) is 0 Å². The molecule has 0 unspecified atom stereocenters. The van der Waals surface area contributed by atoms with Crippen molar-refractivity contribution in [1.29, 1.82) is 0 Å². The Labute approximate surface area is 119 Å². The summed E-state index contributed by atoms with van der Waals surface area (Å²) in [6, 6.07) is 6.05. The van der Waals surface area contributed by atoms with Crippen molar-refractivity contribution >= 4 is 34.8 Å². The summed E-state index contributed by atoms with van der Waals surface area (Å²) in [6.07, 6.45) is 1.29. The minimum atomic E-state index is -0.658. The lowest BCUT2D eigenvalue weighted by Gasteiger charge is -2.08. The first-order chi connectivity index (χ1) is 8.95. The van der Waals surface area contributed by atoms with E-state index >= 15 is 0 Å². The molecule has 7 heteroatoms. The fourth-order valence-corrected chi connectivity index (χ4v) is 1.93. The number of hydrogen-bond acceptors (Lipinski definition) is 4. The Bertz CT molecular complexity index is 627. The number of halogens is 2. The zero-order valence-electron chi connectivity index (χ0n) is 9.56. The standard InChI is InChI=1S/C12H9Cl2N3O2/c13-6-1-7(14)3-8(2-6)19-11-4-9(12(16)18)10(15)5-17-11/h1-5H,15H2,(H2,16,18). The molecule has 0 atom stereocenters. The molecule has 5 nitrogen and oxygen atoms in total. The number of nitrogens with two attached hydrogens (primary N) is 2. The molecule has 1 aromatic carbocycles. The summed E-state index contributed by atoms with van der Waals surface area (Å²) in [6.45, 7) is 0. The Balaban J connectivity index is 2.33. The van der Waals surface area contributed by atoms with E-state index in [1.807, 2.05) is 0 Å². The molecule has 0 bridgehead atoms. The smallest absolute Gasteiger partial charge is 0.251 e. The minimum Gasteiger partial charge on any atom is -0.439 e. The average molecular weight is 298 g/mol. The number of nitrogens with zero attached hydrogens (tertiary/aromatic N) is 1. The van der Waals surface area contributed by atoms with Crippen LogP contribution in [0.25, 0.3) is 0 Å². The molecular weight excluding hydrogens is 289 g/mol. The van der Waals surface area contributed by atoms with Crippen LogP contribution in [0.2, 0.25) is 10.0 Å². The quantitative estimate of drug-likeness (QED) is 0.911. The number of ether oxygens (including phenoxy) is 1. The highest BCUT2D eigenvalue weighted by Crippen LogP contribution is 2.28. The van der Waals surface area contributed by atoms with Crippen LogP contribution in [0.3, 0.4) is 0 Å². The average Bonchev–Trinajstić information content (AvgIpc) is 2.30. The fourth-order valence-electron chi connectivity index (χ4n) is 1.42. The summed E-state index contributed by atoms with van der Waals surface area (Å²) in [4.78, 5) is 15.1. The van der Waals surface area contributed by atoms with E-state index in [9.17, 15) is 4.79 Å². The summed E-state index contributed by atoms with van der Waals surface area (Å²) in [5.41, 5.74) is 11.1. The van der Waals surface area contributed by atoms with Gasteiger partial charge >= 0.3 is 0 Å². The first-order valence-corrected chi connectivity index (χ1v) is 5.90. The van der Waals surface area contributed by atoms with Crippen LogP contribution in [0.4, 0.5) is 5.69 Å². The maximum Gasteiger partial charge on any atom is 0.251 e. The molecule has 0 radical (unpaired) electrons. The maximum absolute atomic E-state index is 11.2. The zero-order chi connectivity index (χ0) is 14.0. The molecule has 4 N–H and O–H groups in total. The molecule has 19 heavy (non-hydrogen) atoms. The van der Waals surface area contributed by atoms with Crippen LogP contribution >= 0.6 is 23.2 Å². The number of hydrogen-bond donors (Lipinski definition) is 2. The summed E-state index contributed by atoms with van der Waals surface area (Å²) >= 11 is 11.7. The van der Waals surface area contributed by atoms with Gasteiger partial charge in [-0.15, -0.1) is 0 Å². The molecule has 0 spiro atoms. The molecular formula is C12H9Cl2N3O2. The second kappa shape index (κ2) is 5.34. The van der Waals surface area contributed by atoms with Crippen molar-refractivity contribution in [3.63, 3.8) is 0 Å². The van der Waals surface area contributed by atoms with E-state index in [2.05, 4.69) is 4.98 Å². The van der Waals surface area contributed by atoms with Gasteiger partial charge in [-0.25, -0.2) is 4.98 Å². The third kappa shape index (κ3) is 3.27. The van der Waals surface area contributed by atoms with Gasteiger partial charge in [0.25, 0.3) is 5.91 Å². The number of pyridine rings is 1.